The van der Waals surface area contributed by atoms with Crippen LogP contribution in [0.3, 0.4) is 0 Å². The Morgan fingerprint density at radius 2 is 1.46 bits per heavy atom. The second-order valence-corrected chi connectivity index (χ2v) is 5.57. The summed E-state index contributed by atoms with van der Waals surface area (Å²) in [4.78, 5) is 36.5. The van der Waals surface area contributed by atoms with Gasteiger partial charge in [-0.2, -0.15) is 5.26 Å². The van der Waals surface area contributed by atoms with Crippen molar-refractivity contribution in [3.05, 3.63) is 54.1 Å². The third-order valence-electron chi connectivity index (χ3n) is 3.48. The van der Waals surface area contributed by atoms with E-state index >= 15 is 0 Å². The van der Waals surface area contributed by atoms with Crippen LogP contribution in [0.2, 0.25) is 0 Å². The summed E-state index contributed by atoms with van der Waals surface area (Å²) >= 11 is 0. The molecule has 132 valence electrons. The number of amides is 3. The number of anilines is 3. The Balaban J connectivity index is 2.07. The summed E-state index contributed by atoms with van der Waals surface area (Å²) in [6.07, 6.45) is 0. The van der Waals surface area contributed by atoms with Crippen molar-refractivity contribution >= 4 is 34.8 Å². The van der Waals surface area contributed by atoms with Gasteiger partial charge in [0.05, 0.1) is 11.6 Å². The first-order valence-corrected chi connectivity index (χ1v) is 7.85. The van der Waals surface area contributed by atoms with Crippen molar-refractivity contribution in [1.29, 1.82) is 5.26 Å². The molecule has 7 nitrogen and oxygen atoms in total. The first-order valence-electron chi connectivity index (χ1n) is 7.85. The first-order chi connectivity index (χ1) is 12.4. The number of carbonyl (C=O) groups excluding carboxylic acids is 3. The molecule has 3 amide bonds. The van der Waals surface area contributed by atoms with E-state index in [1.54, 1.807) is 48.5 Å². The molecule has 0 saturated carbocycles. The lowest BCUT2D eigenvalue weighted by Crippen LogP contribution is -2.36. The lowest BCUT2D eigenvalue weighted by molar-refractivity contribution is -0.120. The number of rotatable bonds is 5. The maximum Gasteiger partial charge on any atom is 0.244 e. The first kappa shape index (κ1) is 18.7. The highest BCUT2D eigenvalue weighted by Crippen LogP contribution is 2.18. The van der Waals surface area contributed by atoms with Crippen LogP contribution in [0.5, 0.6) is 0 Å². The molecule has 0 aromatic heterocycles. The highest BCUT2D eigenvalue weighted by Gasteiger charge is 2.16. The van der Waals surface area contributed by atoms with Gasteiger partial charge in [0.2, 0.25) is 17.7 Å². The molecule has 0 aliphatic heterocycles. The summed E-state index contributed by atoms with van der Waals surface area (Å²) < 4.78 is 0. The molecule has 2 N–H and O–H groups in total. The van der Waals surface area contributed by atoms with Crippen LogP contribution in [0, 0.1) is 11.3 Å². The minimum absolute atomic E-state index is 0.158. The summed E-state index contributed by atoms with van der Waals surface area (Å²) in [7, 11) is 0. The van der Waals surface area contributed by atoms with Crippen molar-refractivity contribution in [3.63, 3.8) is 0 Å². The highest BCUT2D eigenvalue weighted by atomic mass is 16.2. The number of hydrogen-bond donors (Lipinski definition) is 2. The average molecular weight is 350 g/mol. The molecule has 0 saturated heterocycles. The zero-order valence-electron chi connectivity index (χ0n) is 14.4. The van der Waals surface area contributed by atoms with Gasteiger partial charge in [0, 0.05) is 30.9 Å². The van der Waals surface area contributed by atoms with E-state index in [9.17, 15) is 14.4 Å². The van der Waals surface area contributed by atoms with E-state index in [-0.39, 0.29) is 24.3 Å². The number of hydrogen-bond acceptors (Lipinski definition) is 4. The molecule has 0 aliphatic rings. The van der Waals surface area contributed by atoms with E-state index in [0.29, 0.717) is 22.6 Å². The van der Waals surface area contributed by atoms with Crippen molar-refractivity contribution in [2.24, 2.45) is 0 Å². The summed E-state index contributed by atoms with van der Waals surface area (Å²) in [5.41, 5.74) is 2.18. The van der Waals surface area contributed by atoms with Crippen molar-refractivity contribution < 1.29 is 14.4 Å². The Morgan fingerprint density at radius 1 is 0.923 bits per heavy atom. The third-order valence-corrected chi connectivity index (χ3v) is 3.48. The Bertz CT molecular complexity index is 852. The van der Waals surface area contributed by atoms with Gasteiger partial charge in [0.1, 0.15) is 6.54 Å². The zero-order chi connectivity index (χ0) is 19.1. The van der Waals surface area contributed by atoms with Gasteiger partial charge in [0.25, 0.3) is 0 Å². The minimum atomic E-state index is -0.365. The summed E-state index contributed by atoms with van der Waals surface area (Å²) in [6, 6.07) is 15.1. The molecule has 0 heterocycles. The van der Waals surface area contributed by atoms with Gasteiger partial charge in [-0.3, -0.25) is 14.4 Å². The van der Waals surface area contributed by atoms with Crippen LogP contribution in [-0.2, 0) is 14.4 Å². The fourth-order valence-electron chi connectivity index (χ4n) is 2.28. The minimum Gasteiger partial charge on any atom is -0.326 e. The number of carbonyl (C=O) groups is 3. The molecular weight excluding hydrogens is 332 g/mol. The second kappa shape index (κ2) is 8.44. The highest BCUT2D eigenvalue weighted by molar-refractivity contribution is 6.02. The standard InChI is InChI=1S/C19H18N4O3/c1-13(24)21-16-7-9-18(10-8-16)23(14(2)25)12-19(26)22-17-5-3-15(11-20)4-6-17/h3-10H,12H2,1-2H3,(H,21,24)(H,22,26). The van der Waals surface area contributed by atoms with E-state index in [0.717, 1.165) is 0 Å². The largest absolute Gasteiger partial charge is 0.326 e. The quantitative estimate of drug-likeness (QED) is 0.865. The molecule has 0 bridgehead atoms. The molecule has 2 rings (SSSR count). The lowest BCUT2D eigenvalue weighted by Gasteiger charge is -2.21. The van der Waals surface area contributed by atoms with Gasteiger partial charge in [-0.25, -0.2) is 0 Å². The lowest BCUT2D eigenvalue weighted by atomic mass is 10.2. The Hall–Kier alpha value is -3.66. The number of nitrogens with one attached hydrogen (secondary N) is 2. The maximum absolute atomic E-state index is 12.2. The summed E-state index contributed by atoms with van der Waals surface area (Å²) in [5, 5.41) is 14.1. The van der Waals surface area contributed by atoms with Gasteiger partial charge in [0.15, 0.2) is 0 Å². The molecule has 0 unspecified atom stereocenters. The molecular formula is C19H18N4O3. The SMILES string of the molecule is CC(=O)Nc1ccc(N(CC(=O)Nc2ccc(C#N)cc2)C(C)=O)cc1. The number of nitrogens with zero attached hydrogens (tertiary/aromatic N) is 2. The van der Waals surface area contributed by atoms with Crippen LogP contribution < -0.4 is 15.5 Å². The van der Waals surface area contributed by atoms with E-state index in [2.05, 4.69) is 10.6 Å². The van der Waals surface area contributed by atoms with Gasteiger partial charge >= 0.3 is 0 Å². The van der Waals surface area contributed by atoms with Gasteiger partial charge in [-0.15, -0.1) is 0 Å². The average Bonchev–Trinajstić information content (AvgIpc) is 2.60. The predicted octanol–water partition coefficient (Wildman–Crippen LogP) is 2.51. The molecule has 7 heteroatoms. The van der Waals surface area contributed by atoms with Crippen molar-refractivity contribution in [2.45, 2.75) is 13.8 Å². The number of benzene rings is 2. The Morgan fingerprint density at radius 3 is 1.96 bits per heavy atom. The van der Waals surface area contributed by atoms with Crippen LogP contribution >= 0.6 is 0 Å². The van der Waals surface area contributed by atoms with Crippen LogP contribution in [0.15, 0.2) is 48.5 Å². The Labute approximate surface area is 151 Å². The number of nitriles is 1. The van der Waals surface area contributed by atoms with Crippen molar-refractivity contribution in [1.82, 2.24) is 0 Å². The summed E-state index contributed by atoms with van der Waals surface area (Å²) in [6.45, 7) is 2.62. The monoisotopic (exact) mass is 350 g/mol. The summed E-state index contributed by atoms with van der Waals surface area (Å²) in [5.74, 6) is -0.842. The molecule has 2 aromatic rings. The second-order valence-electron chi connectivity index (χ2n) is 5.57. The van der Waals surface area contributed by atoms with Gasteiger partial charge in [-0.1, -0.05) is 0 Å². The molecule has 0 radical (unpaired) electrons. The van der Waals surface area contributed by atoms with Crippen LogP contribution in [-0.4, -0.2) is 24.3 Å². The smallest absolute Gasteiger partial charge is 0.244 e. The topological polar surface area (TPSA) is 102 Å². The third kappa shape index (κ3) is 5.18. The molecule has 26 heavy (non-hydrogen) atoms. The molecule has 0 fully saturated rings. The molecule has 0 atom stereocenters. The van der Waals surface area contributed by atoms with E-state index in [1.807, 2.05) is 6.07 Å². The Kier molecular flexibility index (Phi) is 6.06. The van der Waals surface area contributed by atoms with E-state index < -0.39 is 0 Å². The molecule has 0 aliphatic carbocycles. The fourth-order valence-corrected chi connectivity index (χ4v) is 2.28. The van der Waals surface area contributed by atoms with Gasteiger partial charge in [-0.05, 0) is 48.5 Å². The van der Waals surface area contributed by atoms with Crippen LogP contribution in [0.1, 0.15) is 19.4 Å². The predicted molar refractivity (Wildman–Crippen MR) is 98.6 cm³/mol. The fraction of sp³-hybridized carbons (Fsp3) is 0.158. The van der Waals surface area contributed by atoms with E-state index in [4.69, 9.17) is 5.26 Å². The van der Waals surface area contributed by atoms with Crippen LogP contribution in [0.4, 0.5) is 17.1 Å². The van der Waals surface area contributed by atoms with Crippen molar-refractivity contribution in [2.75, 3.05) is 22.1 Å². The zero-order valence-corrected chi connectivity index (χ0v) is 14.4. The van der Waals surface area contributed by atoms with Crippen molar-refractivity contribution in [3.8, 4) is 6.07 Å². The maximum atomic E-state index is 12.2. The van der Waals surface area contributed by atoms with Gasteiger partial charge < -0.3 is 15.5 Å². The molecule has 0 spiro atoms. The van der Waals surface area contributed by atoms with Crippen LogP contribution in [0.25, 0.3) is 0 Å². The molecule has 2 aromatic carbocycles. The van der Waals surface area contributed by atoms with E-state index in [1.165, 1.54) is 18.7 Å². The normalized spacial score (nSPS) is 9.73.